The van der Waals surface area contributed by atoms with E-state index in [0.29, 0.717) is 21.1 Å². The number of halogens is 2. The van der Waals surface area contributed by atoms with E-state index in [0.717, 1.165) is 0 Å². The highest BCUT2D eigenvalue weighted by Crippen LogP contribution is 2.23. The molecule has 0 atom stereocenters. The number of ether oxygens (including phenoxy) is 1. The fourth-order valence-electron chi connectivity index (χ4n) is 1.22. The summed E-state index contributed by atoms with van der Waals surface area (Å²) in [5.41, 5.74) is 0. The molecule has 0 aliphatic rings. The van der Waals surface area contributed by atoms with Gasteiger partial charge in [0.1, 0.15) is 11.6 Å². The highest BCUT2D eigenvalue weighted by Gasteiger charge is 2.09. The molecule has 0 bridgehead atoms. The van der Waals surface area contributed by atoms with E-state index < -0.39 is 6.09 Å². The number of hydrogen-bond acceptors (Lipinski definition) is 3. The normalized spacial score (nSPS) is 9.89. The number of carbonyl (C=O) groups is 1. The molecule has 1 N–H and O–H groups in total. The first kappa shape index (κ1) is 12.9. The van der Waals surface area contributed by atoms with Crippen LogP contribution in [0.15, 0.2) is 47.1 Å². The number of nitrogens with zero attached hydrogens (tertiary/aromatic N) is 1. The van der Waals surface area contributed by atoms with Crippen LogP contribution >= 0.6 is 27.5 Å². The Morgan fingerprint density at radius 3 is 2.72 bits per heavy atom. The molecule has 0 fully saturated rings. The van der Waals surface area contributed by atoms with Crippen molar-refractivity contribution in [2.45, 2.75) is 0 Å². The van der Waals surface area contributed by atoms with Crippen molar-refractivity contribution >= 4 is 39.4 Å². The van der Waals surface area contributed by atoms with Crippen LogP contribution < -0.4 is 10.1 Å². The summed E-state index contributed by atoms with van der Waals surface area (Å²) in [5, 5.41) is 2.98. The molecule has 1 amide bonds. The van der Waals surface area contributed by atoms with Gasteiger partial charge in [0.05, 0.1) is 9.50 Å². The predicted octanol–water partition coefficient (Wildman–Crippen LogP) is 4.11. The summed E-state index contributed by atoms with van der Waals surface area (Å²) >= 11 is 8.99. The van der Waals surface area contributed by atoms with E-state index >= 15 is 0 Å². The van der Waals surface area contributed by atoms with Gasteiger partial charge >= 0.3 is 6.09 Å². The maximum absolute atomic E-state index is 11.6. The van der Waals surface area contributed by atoms with Crippen LogP contribution in [0, 0.1) is 0 Å². The fourth-order valence-corrected chi connectivity index (χ4v) is 1.96. The fraction of sp³-hybridized carbons (Fsp3) is 0. The van der Waals surface area contributed by atoms with Gasteiger partial charge in [-0.15, -0.1) is 0 Å². The number of hydrogen-bond donors (Lipinski definition) is 1. The Kier molecular flexibility index (Phi) is 4.17. The summed E-state index contributed by atoms with van der Waals surface area (Å²) in [5.74, 6) is 0.806. The monoisotopic (exact) mass is 326 g/mol. The Morgan fingerprint density at radius 1 is 1.33 bits per heavy atom. The number of para-hydroxylation sites is 1. The smallest absolute Gasteiger partial charge is 0.410 e. The van der Waals surface area contributed by atoms with E-state index in [4.69, 9.17) is 16.3 Å². The second kappa shape index (κ2) is 5.84. The van der Waals surface area contributed by atoms with Gasteiger partial charge in [-0.25, -0.2) is 9.78 Å². The molecule has 4 nitrogen and oxygen atoms in total. The summed E-state index contributed by atoms with van der Waals surface area (Å²) in [4.78, 5) is 15.6. The summed E-state index contributed by atoms with van der Waals surface area (Å²) in [7, 11) is 0. The number of aromatic nitrogens is 1. The van der Waals surface area contributed by atoms with Crippen LogP contribution in [0.5, 0.6) is 5.75 Å². The number of amides is 1. The third-order valence-electron chi connectivity index (χ3n) is 1.98. The maximum atomic E-state index is 11.6. The second-order valence-electron chi connectivity index (χ2n) is 3.31. The number of anilines is 1. The Morgan fingerprint density at radius 2 is 2.06 bits per heavy atom. The molecule has 0 radical (unpaired) electrons. The van der Waals surface area contributed by atoms with Crippen LogP contribution in [0.1, 0.15) is 0 Å². The van der Waals surface area contributed by atoms with Crippen LogP contribution in [0.4, 0.5) is 10.6 Å². The minimum atomic E-state index is -0.614. The minimum absolute atomic E-state index is 0.348. The third kappa shape index (κ3) is 3.45. The van der Waals surface area contributed by atoms with E-state index in [2.05, 4.69) is 26.2 Å². The SMILES string of the molecule is O=C(Nc1ncc(Cl)cc1Br)Oc1ccccc1. The molecule has 6 heteroatoms. The summed E-state index contributed by atoms with van der Waals surface area (Å²) < 4.78 is 5.64. The zero-order chi connectivity index (χ0) is 13.0. The molecule has 0 spiro atoms. The molecule has 92 valence electrons. The standard InChI is InChI=1S/C12H8BrClN2O2/c13-10-6-8(14)7-15-11(10)16-12(17)18-9-4-2-1-3-5-9/h1-7H,(H,15,16,17). The Bertz CT molecular complexity index is 563. The molecular weight excluding hydrogens is 320 g/mol. The lowest BCUT2D eigenvalue weighted by molar-refractivity contribution is 0.215. The molecule has 0 saturated carbocycles. The third-order valence-corrected chi connectivity index (χ3v) is 2.79. The summed E-state index contributed by atoms with van der Waals surface area (Å²) in [6.07, 6.45) is 0.821. The first-order valence-electron chi connectivity index (χ1n) is 5.00. The highest BCUT2D eigenvalue weighted by molar-refractivity contribution is 9.10. The van der Waals surface area contributed by atoms with Crippen LogP contribution in [0.3, 0.4) is 0 Å². The van der Waals surface area contributed by atoms with Crippen molar-refractivity contribution in [2.24, 2.45) is 0 Å². The van der Waals surface area contributed by atoms with Crippen molar-refractivity contribution in [2.75, 3.05) is 5.32 Å². The van der Waals surface area contributed by atoms with Crippen molar-refractivity contribution in [3.63, 3.8) is 0 Å². The Hall–Kier alpha value is -1.59. The van der Waals surface area contributed by atoms with Gasteiger partial charge in [-0.05, 0) is 34.1 Å². The van der Waals surface area contributed by atoms with E-state index in [-0.39, 0.29) is 0 Å². The maximum Gasteiger partial charge on any atom is 0.418 e. The van der Waals surface area contributed by atoms with Gasteiger partial charge in [-0.3, -0.25) is 5.32 Å². The van der Waals surface area contributed by atoms with Gasteiger partial charge < -0.3 is 4.74 Å². The van der Waals surface area contributed by atoms with Crippen molar-refractivity contribution in [3.05, 3.63) is 52.1 Å². The topological polar surface area (TPSA) is 51.2 Å². The Labute approximate surface area is 117 Å². The van der Waals surface area contributed by atoms with Gasteiger partial charge in [0.15, 0.2) is 0 Å². The molecule has 2 aromatic rings. The first-order chi connectivity index (χ1) is 8.65. The van der Waals surface area contributed by atoms with Gasteiger partial charge in [0, 0.05) is 6.20 Å². The minimum Gasteiger partial charge on any atom is -0.410 e. The number of nitrogens with one attached hydrogen (secondary N) is 1. The Balaban J connectivity index is 2.03. The molecule has 1 aromatic carbocycles. The molecule has 0 unspecified atom stereocenters. The van der Waals surface area contributed by atoms with Crippen molar-refractivity contribution in [1.82, 2.24) is 4.98 Å². The lowest BCUT2D eigenvalue weighted by atomic mass is 10.3. The lowest BCUT2D eigenvalue weighted by Gasteiger charge is -2.07. The number of rotatable bonds is 2. The largest absolute Gasteiger partial charge is 0.418 e. The van der Waals surface area contributed by atoms with Gasteiger partial charge in [-0.1, -0.05) is 29.8 Å². The van der Waals surface area contributed by atoms with E-state index in [1.54, 1.807) is 30.3 Å². The molecule has 1 heterocycles. The molecule has 1 aromatic heterocycles. The van der Waals surface area contributed by atoms with E-state index in [1.807, 2.05) is 6.07 Å². The average molecular weight is 328 g/mol. The molecule has 18 heavy (non-hydrogen) atoms. The summed E-state index contributed by atoms with van der Waals surface area (Å²) in [6, 6.07) is 10.4. The molecule has 2 rings (SSSR count). The second-order valence-corrected chi connectivity index (χ2v) is 4.60. The first-order valence-corrected chi connectivity index (χ1v) is 6.17. The van der Waals surface area contributed by atoms with Gasteiger partial charge in [-0.2, -0.15) is 0 Å². The van der Waals surface area contributed by atoms with Gasteiger partial charge in [0.25, 0.3) is 0 Å². The molecule has 0 aliphatic carbocycles. The van der Waals surface area contributed by atoms with E-state index in [1.165, 1.54) is 6.20 Å². The molecule has 0 aliphatic heterocycles. The van der Waals surface area contributed by atoms with Crippen molar-refractivity contribution in [1.29, 1.82) is 0 Å². The zero-order valence-corrected chi connectivity index (χ0v) is 11.4. The quantitative estimate of drug-likeness (QED) is 0.903. The number of benzene rings is 1. The van der Waals surface area contributed by atoms with Crippen LogP contribution in [0.25, 0.3) is 0 Å². The molecule has 0 saturated heterocycles. The predicted molar refractivity (Wildman–Crippen MR) is 73.0 cm³/mol. The van der Waals surface area contributed by atoms with Crippen LogP contribution in [0.2, 0.25) is 5.02 Å². The highest BCUT2D eigenvalue weighted by atomic mass is 79.9. The van der Waals surface area contributed by atoms with Crippen molar-refractivity contribution < 1.29 is 9.53 Å². The molecular formula is C12H8BrClN2O2. The number of carbonyl (C=O) groups excluding carboxylic acids is 1. The zero-order valence-electron chi connectivity index (χ0n) is 9.06. The lowest BCUT2D eigenvalue weighted by Crippen LogP contribution is -2.17. The number of pyridine rings is 1. The summed E-state index contributed by atoms with van der Waals surface area (Å²) in [6.45, 7) is 0. The van der Waals surface area contributed by atoms with E-state index in [9.17, 15) is 4.79 Å². The van der Waals surface area contributed by atoms with Gasteiger partial charge in [0.2, 0.25) is 0 Å². The van der Waals surface area contributed by atoms with Crippen LogP contribution in [-0.4, -0.2) is 11.1 Å². The van der Waals surface area contributed by atoms with Crippen molar-refractivity contribution in [3.8, 4) is 5.75 Å². The average Bonchev–Trinajstić information content (AvgIpc) is 2.34. The van der Waals surface area contributed by atoms with Crippen LogP contribution in [-0.2, 0) is 0 Å².